The van der Waals surface area contributed by atoms with Crippen molar-refractivity contribution in [3.05, 3.63) is 62.7 Å². The molecule has 0 heterocycles. The molecular weight excluding hydrogens is 294 g/mol. The number of ether oxygens (including phenoxy) is 1. The number of nitrogens with two attached hydrogens (primary N) is 1. The largest absolute Gasteiger partial charge is 0.447 e. The van der Waals surface area contributed by atoms with Gasteiger partial charge in [0.25, 0.3) is 0 Å². The number of hydrogen-bond acceptors (Lipinski definition) is 5. The summed E-state index contributed by atoms with van der Waals surface area (Å²) in [6.45, 7) is 0.279. The molecule has 106 valence electrons. The van der Waals surface area contributed by atoms with E-state index in [0.717, 1.165) is 5.56 Å². The van der Waals surface area contributed by atoms with E-state index in [0.29, 0.717) is 0 Å². The van der Waals surface area contributed by atoms with Gasteiger partial charge in [0.05, 0.1) is 15.5 Å². The Morgan fingerprint density at radius 1 is 1.38 bits per heavy atom. The fraction of sp³-hybridized carbons (Fsp3) is 0.0714. The average Bonchev–Trinajstić information content (AvgIpc) is 2.49. The van der Waals surface area contributed by atoms with Crippen molar-refractivity contribution < 1.29 is 9.66 Å². The second-order valence-electron chi connectivity index (χ2n) is 4.09. The zero-order chi connectivity index (χ0) is 15.4. The number of nitrogens with zero attached hydrogens (tertiary/aromatic N) is 2. The first-order valence-electron chi connectivity index (χ1n) is 5.90. The molecule has 2 N–H and O–H groups in total. The Labute approximate surface area is 125 Å². The quantitative estimate of drug-likeness (QED) is 0.689. The number of nitriles is 1. The predicted octanol–water partition coefficient (Wildman–Crippen LogP) is 3.37. The summed E-state index contributed by atoms with van der Waals surface area (Å²) in [7, 11) is 0. The number of hydrogen-bond donors (Lipinski definition) is 1. The Hall–Kier alpha value is -2.62. The highest BCUT2D eigenvalue weighted by Crippen LogP contribution is 2.38. The second kappa shape index (κ2) is 6.22. The second-order valence-corrected chi connectivity index (χ2v) is 4.50. The lowest BCUT2D eigenvalue weighted by atomic mass is 10.1. The van der Waals surface area contributed by atoms with Gasteiger partial charge in [0, 0.05) is 12.6 Å². The van der Waals surface area contributed by atoms with Gasteiger partial charge in [0.1, 0.15) is 11.8 Å². The molecule has 0 spiro atoms. The molecule has 6 nitrogen and oxygen atoms in total. The van der Waals surface area contributed by atoms with Crippen molar-refractivity contribution in [2.45, 2.75) is 6.54 Å². The molecular formula is C14H10ClN3O3. The summed E-state index contributed by atoms with van der Waals surface area (Å²) < 4.78 is 5.49. The summed E-state index contributed by atoms with van der Waals surface area (Å²) in [4.78, 5) is 10.4. The first-order chi connectivity index (χ1) is 10.1. The lowest BCUT2D eigenvalue weighted by Crippen LogP contribution is -1.99. The van der Waals surface area contributed by atoms with E-state index in [2.05, 4.69) is 0 Å². The maximum Gasteiger partial charge on any atom is 0.313 e. The molecule has 0 fully saturated rings. The maximum absolute atomic E-state index is 11.0. The van der Waals surface area contributed by atoms with Gasteiger partial charge >= 0.3 is 5.69 Å². The van der Waals surface area contributed by atoms with E-state index < -0.39 is 4.92 Å². The van der Waals surface area contributed by atoms with Crippen LogP contribution in [0.4, 0.5) is 5.69 Å². The van der Waals surface area contributed by atoms with Crippen LogP contribution in [0.25, 0.3) is 0 Å². The molecule has 2 rings (SSSR count). The standard InChI is InChI=1S/C14H10ClN3O3/c15-11-2-1-3-12(18(19)20)14(11)21-13-5-4-9(7-16)6-10(13)8-17/h1-6H,7,16H2. The summed E-state index contributed by atoms with van der Waals surface area (Å²) in [5, 5.41) is 20.2. The molecule has 7 heteroatoms. The molecule has 0 aliphatic heterocycles. The van der Waals surface area contributed by atoms with Gasteiger partial charge in [-0.15, -0.1) is 0 Å². The fourth-order valence-corrected chi connectivity index (χ4v) is 1.94. The van der Waals surface area contributed by atoms with E-state index in [-0.39, 0.29) is 34.3 Å². The lowest BCUT2D eigenvalue weighted by Gasteiger charge is -2.10. The van der Waals surface area contributed by atoms with Crippen molar-refractivity contribution in [1.82, 2.24) is 0 Å². The SMILES string of the molecule is N#Cc1cc(CN)ccc1Oc1c(Cl)cccc1[N+](=O)[O-]. The van der Waals surface area contributed by atoms with Gasteiger partial charge in [-0.05, 0) is 23.8 Å². The Morgan fingerprint density at radius 2 is 2.14 bits per heavy atom. The van der Waals surface area contributed by atoms with E-state index in [1.807, 2.05) is 6.07 Å². The normalized spacial score (nSPS) is 9.95. The zero-order valence-corrected chi connectivity index (χ0v) is 11.5. The van der Waals surface area contributed by atoms with E-state index >= 15 is 0 Å². The third-order valence-corrected chi connectivity index (χ3v) is 3.05. The third-order valence-electron chi connectivity index (χ3n) is 2.76. The Bertz CT molecular complexity index is 741. The first kappa shape index (κ1) is 14.8. The van der Waals surface area contributed by atoms with E-state index in [4.69, 9.17) is 27.3 Å². The van der Waals surface area contributed by atoms with Crippen LogP contribution in [0.3, 0.4) is 0 Å². The van der Waals surface area contributed by atoms with Crippen LogP contribution in [-0.2, 0) is 6.54 Å². The highest BCUT2D eigenvalue weighted by atomic mass is 35.5. The molecule has 0 unspecified atom stereocenters. The molecule has 0 bridgehead atoms. The van der Waals surface area contributed by atoms with Gasteiger partial charge in [-0.3, -0.25) is 10.1 Å². The number of nitro benzene ring substituents is 1. The summed E-state index contributed by atoms with van der Waals surface area (Å²) in [6, 6.07) is 11.0. The Balaban J connectivity index is 2.48. The van der Waals surface area contributed by atoms with E-state index in [9.17, 15) is 10.1 Å². The molecule has 0 saturated heterocycles. The summed E-state index contributed by atoms with van der Waals surface area (Å²) in [5.74, 6) is 0.0899. The van der Waals surface area contributed by atoms with Crippen LogP contribution in [-0.4, -0.2) is 4.92 Å². The maximum atomic E-state index is 11.0. The molecule has 0 radical (unpaired) electrons. The number of nitro groups is 1. The summed E-state index contributed by atoms with van der Waals surface area (Å²) in [6.07, 6.45) is 0. The van der Waals surface area contributed by atoms with Crippen LogP contribution < -0.4 is 10.5 Å². The first-order valence-corrected chi connectivity index (χ1v) is 6.28. The van der Waals surface area contributed by atoms with E-state index in [1.54, 1.807) is 12.1 Å². The van der Waals surface area contributed by atoms with Crippen LogP contribution in [0.2, 0.25) is 5.02 Å². The monoisotopic (exact) mass is 303 g/mol. The van der Waals surface area contributed by atoms with E-state index in [1.165, 1.54) is 24.3 Å². The smallest absolute Gasteiger partial charge is 0.313 e. The van der Waals surface area contributed by atoms with Gasteiger partial charge in [-0.2, -0.15) is 5.26 Å². The predicted molar refractivity (Wildman–Crippen MR) is 77.2 cm³/mol. The van der Waals surface area contributed by atoms with Crippen molar-refractivity contribution in [2.24, 2.45) is 5.73 Å². The minimum absolute atomic E-state index is 0.0935. The topological polar surface area (TPSA) is 102 Å². The van der Waals surface area contributed by atoms with Gasteiger partial charge in [-0.1, -0.05) is 23.7 Å². The van der Waals surface area contributed by atoms with Gasteiger partial charge in [0.15, 0.2) is 0 Å². The summed E-state index contributed by atoms with van der Waals surface area (Å²) in [5.41, 5.74) is 6.22. The lowest BCUT2D eigenvalue weighted by molar-refractivity contribution is -0.385. The van der Waals surface area contributed by atoms with Crippen molar-refractivity contribution in [3.63, 3.8) is 0 Å². The third kappa shape index (κ3) is 3.11. The van der Waals surface area contributed by atoms with Gasteiger partial charge in [-0.25, -0.2) is 0 Å². The molecule has 0 aliphatic carbocycles. The molecule has 0 aromatic heterocycles. The molecule has 2 aromatic rings. The minimum Gasteiger partial charge on any atom is -0.447 e. The average molecular weight is 304 g/mol. The van der Waals surface area contributed by atoms with Gasteiger partial charge < -0.3 is 10.5 Å². The van der Waals surface area contributed by atoms with Crippen molar-refractivity contribution in [3.8, 4) is 17.6 Å². The molecule has 0 saturated carbocycles. The molecule has 0 atom stereocenters. The number of benzene rings is 2. The molecule has 2 aromatic carbocycles. The van der Waals surface area contributed by atoms with Crippen LogP contribution in [0.1, 0.15) is 11.1 Å². The summed E-state index contributed by atoms with van der Waals surface area (Å²) >= 11 is 5.95. The zero-order valence-electron chi connectivity index (χ0n) is 10.7. The fourth-order valence-electron chi connectivity index (χ4n) is 1.73. The Kier molecular flexibility index (Phi) is 4.38. The van der Waals surface area contributed by atoms with Crippen LogP contribution in [0.15, 0.2) is 36.4 Å². The molecule has 0 amide bonds. The number of halogens is 1. The molecule has 0 aliphatic rings. The molecule has 21 heavy (non-hydrogen) atoms. The van der Waals surface area contributed by atoms with Crippen LogP contribution >= 0.6 is 11.6 Å². The van der Waals surface area contributed by atoms with Crippen molar-refractivity contribution >= 4 is 17.3 Å². The van der Waals surface area contributed by atoms with Crippen molar-refractivity contribution in [1.29, 1.82) is 5.26 Å². The van der Waals surface area contributed by atoms with Crippen molar-refractivity contribution in [2.75, 3.05) is 0 Å². The number of para-hydroxylation sites is 1. The number of rotatable bonds is 4. The van der Waals surface area contributed by atoms with Crippen LogP contribution in [0, 0.1) is 21.4 Å². The minimum atomic E-state index is -0.596. The Morgan fingerprint density at radius 3 is 2.76 bits per heavy atom. The van der Waals surface area contributed by atoms with Crippen LogP contribution in [0.5, 0.6) is 11.5 Å². The van der Waals surface area contributed by atoms with Gasteiger partial charge in [0.2, 0.25) is 5.75 Å². The highest BCUT2D eigenvalue weighted by molar-refractivity contribution is 6.32. The highest BCUT2D eigenvalue weighted by Gasteiger charge is 2.20.